The number of carbonyl (C=O) groups excluding carboxylic acids is 1. The van der Waals surface area contributed by atoms with E-state index in [9.17, 15) is 9.59 Å². The number of nitrogens with one attached hydrogen (secondary N) is 1. The number of pyridine rings is 1. The summed E-state index contributed by atoms with van der Waals surface area (Å²) in [6, 6.07) is 11.1. The first-order valence-corrected chi connectivity index (χ1v) is 9.19. The molecular formula is C20H24N4O2. The summed E-state index contributed by atoms with van der Waals surface area (Å²) in [5.41, 5.74) is 9.67. The Morgan fingerprint density at radius 1 is 1.23 bits per heavy atom. The summed E-state index contributed by atoms with van der Waals surface area (Å²) in [5, 5.41) is 2.80. The van der Waals surface area contributed by atoms with Crippen molar-refractivity contribution in [1.82, 2.24) is 9.88 Å². The Balaban J connectivity index is 1.61. The zero-order valence-electron chi connectivity index (χ0n) is 14.9. The lowest BCUT2D eigenvalue weighted by atomic mass is 9.83. The first-order chi connectivity index (χ1) is 12.6. The average Bonchev–Trinajstić information content (AvgIpc) is 2.62. The van der Waals surface area contributed by atoms with E-state index in [1.165, 1.54) is 0 Å². The standard InChI is InChI=1S/C20H24N4O2/c1-2-22-20(26)14-6-7-18(16(21)9-14)23-10-13-8-15(12-23)17-4-3-5-19(25)24(17)11-13/h3-7,9,13,15H,2,8,10-12,21H2,1H3,(H,22,26)/t13-,15+/m1/s1. The summed E-state index contributed by atoms with van der Waals surface area (Å²) in [6.45, 7) is 4.96. The molecule has 6 nitrogen and oxygen atoms in total. The number of piperidine rings is 1. The van der Waals surface area contributed by atoms with Gasteiger partial charge in [0.1, 0.15) is 0 Å². The van der Waals surface area contributed by atoms with Gasteiger partial charge in [0.15, 0.2) is 0 Å². The van der Waals surface area contributed by atoms with Crippen LogP contribution in [0.25, 0.3) is 0 Å². The highest BCUT2D eigenvalue weighted by molar-refractivity contribution is 5.96. The van der Waals surface area contributed by atoms with Crippen LogP contribution in [0.5, 0.6) is 0 Å². The Kier molecular flexibility index (Phi) is 4.18. The van der Waals surface area contributed by atoms with Crippen molar-refractivity contribution in [2.45, 2.75) is 25.8 Å². The van der Waals surface area contributed by atoms with Crippen LogP contribution < -0.4 is 21.5 Å². The Morgan fingerprint density at radius 3 is 2.85 bits per heavy atom. The number of nitrogens with zero attached hydrogens (tertiary/aromatic N) is 2. The summed E-state index contributed by atoms with van der Waals surface area (Å²) < 4.78 is 1.93. The molecule has 0 unspecified atom stereocenters. The fourth-order valence-electron chi connectivity index (χ4n) is 4.34. The van der Waals surface area contributed by atoms with Crippen LogP contribution in [-0.2, 0) is 6.54 Å². The van der Waals surface area contributed by atoms with Crippen molar-refractivity contribution < 1.29 is 4.79 Å². The van der Waals surface area contributed by atoms with E-state index in [1.54, 1.807) is 12.1 Å². The van der Waals surface area contributed by atoms with Crippen molar-refractivity contribution >= 4 is 17.3 Å². The quantitative estimate of drug-likeness (QED) is 0.826. The number of hydrogen-bond acceptors (Lipinski definition) is 4. The molecule has 2 atom stereocenters. The fraction of sp³-hybridized carbons (Fsp3) is 0.400. The lowest BCUT2D eigenvalue weighted by molar-refractivity contribution is 0.0956. The van der Waals surface area contributed by atoms with Gasteiger partial charge in [-0.05, 0) is 43.5 Å². The molecule has 1 aromatic carbocycles. The summed E-state index contributed by atoms with van der Waals surface area (Å²) in [5.74, 6) is 0.664. The smallest absolute Gasteiger partial charge is 0.251 e. The minimum atomic E-state index is -0.102. The molecule has 3 N–H and O–H groups in total. The SMILES string of the molecule is CCNC(=O)c1ccc(N2C[C@H]3C[C@@H](C2)c2cccc(=O)n2C3)c(N)c1. The van der Waals surface area contributed by atoms with Gasteiger partial charge in [0.25, 0.3) is 11.5 Å². The highest BCUT2D eigenvalue weighted by atomic mass is 16.1. The van der Waals surface area contributed by atoms with E-state index in [0.717, 1.165) is 37.4 Å². The molecule has 2 aliphatic heterocycles. The molecule has 26 heavy (non-hydrogen) atoms. The van der Waals surface area contributed by atoms with Gasteiger partial charge in [0, 0.05) is 49.4 Å². The third-order valence-corrected chi connectivity index (χ3v) is 5.45. The van der Waals surface area contributed by atoms with Gasteiger partial charge in [-0.1, -0.05) is 6.07 Å². The number of aromatic nitrogens is 1. The Labute approximate surface area is 152 Å². The maximum absolute atomic E-state index is 12.1. The van der Waals surface area contributed by atoms with E-state index in [4.69, 9.17) is 5.73 Å². The fourth-order valence-corrected chi connectivity index (χ4v) is 4.34. The maximum atomic E-state index is 12.1. The summed E-state index contributed by atoms with van der Waals surface area (Å²) in [7, 11) is 0. The predicted octanol–water partition coefficient (Wildman–Crippen LogP) is 1.80. The van der Waals surface area contributed by atoms with Gasteiger partial charge in [-0.25, -0.2) is 0 Å². The van der Waals surface area contributed by atoms with E-state index in [0.29, 0.717) is 29.6 Å². The second-order valence-electron chi connectivity index (χ2n) is 7.24. The van der Waals surface area contributed by atoms with Crippen molar-refractivity contribution in [3.63, 3.8) is 0 Å². The lowest BCUT2D eigenvalue weighted by Gasteiger charge is -2.44. The van der Waals surface area contributed by atoms with Gasteiger partial charge >= 0.3 is 0 Å². The first kappa shape index (κ1) is 16.7. The zero-order valence-corrected chi connectivity index (χ0v) is 14.9. The molecule has 0 radical (unpaired) electrons. The van der Waals surface area contributed by atoms with Crippen LogP contribution in [0.3, 0.4) is 0 Å². The summed E-state index contributed by atoms with van der Waals surface area (Å²) in [4.78, 5) is 26.4. The molecule has 1 amide bonds. The molecule has 2 bridgehead atoms. The topological polar surface area (TPSA) is 80.4 Å². The second-order valence-corrected chi connectivity index (χ2v) is 7.24. The number of fused-ring (bicyclic) bond motifs is 4. The first-order valence-electron chi connectivity index (χ1n) is 9.19. The third kappa shape index (κ3) is 2.85. The van der Waals surface area contributed by atoms with Gasteiger partial charge in [0.05, 0.1) is 11.4 Å². The number of hydrogen-bond donors (Lipinski definition) is 2. The molecular weight excluding hydrogens is 328 g/mol. The Bertz CT molecular complexity index is 905. The van der Waals surface area contributed by atoms with Crippen molar-refractivity contribution in [2.24, 2.45) is 5.92 Å². The predicted molar refractivity (Wildman–Crippen MR) is 103 cm³/mol. The van der Waals surface area contributed by atoms with Gasteiger partial charge in [-0.3, -0.25) is 9.59 Å². The monoisotopic (exact) mass is 352 g/mol. The van der Waals surface area contributed by atoms with Gasteiger partial charge in [-0.15, -0.1) is 0 Å². The van der Waals surface area contributed by atoms with Crippen LogP contribution in [0, 0.1) is 5.92 Å². The van der Waals surface area contributed by atoms with Crippen molar-refractivity contribution in [2.75, 3.05) is 30.3 Å². The van der Waals surface area contributed by atoms with Crippen molar-refractivity contribution in [3.8, 4) is 0 Å². The molecule has 1 aromatic heterocycles. The van der Waals surface area contributed by atoms with Crippen LogP contribution in [-0.4, -0.2) is 30.1 Å². The molecule has 1 fully saturated rings. The van der Waals surface area contributed by atoms with E-state index in [-0.39, 0.29) is 11.5 Å². The number of amides is 1. The maximum Gasteiger partial charge on any atom is 0.251 e. The van der Waals surface area contributed by atoms with Crippen LogP contribution in [0.15, 0.2) is 41.2 Å². The molecule has 0 aliphatic carbocycles. The van der Waals surface area contributed by atoms with Crippen LogP contribution in [0.1, 0.15) is 35.3 Å². The highest BCUT2D eigenvalue weighted by Gasteiger charge is 2.35. The van der Waals surface area contributed by atoms with E-state index in [1.807, 2.05) is 29.7 Å². The zero-order chi connectivity index (χ0) is 18.3. The molecule has 1 saturated heterocycles. The molecule has 6 heteroatoms. The van der Waals surface area contributed by atoms with E-state index < -0.39 is 0 Å². The van der Waals surface area contributed by atoms with E-state index >= 15 is 0 Å². The summed E-state index contributed by atoms with van der Waals surface area (Å²) in [6.07, 6.45) is 1.11. The van der Waals surface area contributed by atoms with Gasteiger partial charge < -0.3 is 20.5 Å². The Morgan fingerprint density at radius 2 is 2.08 bits per heavy atom. The third-order valence-electron chi connectivity index (χ3n) is 5.45. The van der Waals surface area contributed by atoms with Crippen molar-refractivity contribution in [1.29, 1.82) is 0 Å². The minimum Gasteiger partial charge on any atom is -0.397 e. The molecule has 4 rings (SSSR count). The molecule has 2 aliphatic rings. The van der Waals surface area contributed by atoms with Crippen LogP contribution in [0.4, 0.5) is 11.4 Å². The molecule has 136 valence electrons. The number of benzene rings is 1. The Hall–Kier alpha value is -2.76. The van der Waals surface area contributed by atoms with Crippen molar-refractivity contribution in [3.05, 3.63) is 58.0 Å². The highest BCUT2D eigenvalue weighted by Crippen LogP contribution is 2.38. The average molecular weight is 352 g/mol. The number of nitrogen functional groups attached to an aromatic ring is 1. The number of nitrogens with two attached hydrogens (primary N) is 1. The second kappa shape index (κ2) is 6.52. The minimum absolute atomic E-state index is 0.0939. The molecule has 0 spiro atoms. The molecule has 2 aromatic rings. The number of anilines is 2. The van der Waals surface area contributed by atoms with E-state index in [2.05, 4.69) is 16.3 Å². The number of carbonyl (C=O) groups is 1. The van der Waals surface area contributed by atoms with Gasteiger partial charge in [-0.2, -0.15) is 0 Å². The normalized spacial score (nSPS) is 21.2. The summed E-state index contributed by atoms with van der Waals surface area (Å²) >= 11 is 0. The van der Waals surface area contributed by atoms with Crippen LogP contribution in [0.2, 0.25) is 0 Å². The van der Waals surface area contributed by atoms with Crippen LogP contribution >= 0.6 is 0 Å². The van der Waals surface area contributed by atoms with Gasteiger partial charge in [0.2, 0.25) is 0 Å². The number of rotatable bonds is 3. The molecule has 3 heterocycles. The largest absolute Gasteiger partial charge is 0.397 e. The molecule has 0 saturated carbocycles. The lowest BCUT2D eigenvalue weighted by Crippen LogP contribution is -2.47.